The van der Waals surface area contributed by atoms with Gasteiger partial charge < -0.3 is 15.4 Å². The van der Waals surface area contributed by atoms with Crippen molar-refractivity contribution in [2.45, 2.75) is 26.2 Å². The predicted octanol–water partition coefficient (Wildman–Crippen LogP) is 4.80. The van der Waals surface area contributed by atoms with Crippen LogP contribution >= 0.6 is 12.2 Å². The minimum atomic E-state index is 0.0453. The number of benzene rings is 2. The maximum absolute atomic E-state index is 5.43. The number of nitrogens with one attached hydrogen (secondary N) is 2. The molecular formula is C18H22N2OS. The van der Waals surface area contributed by atoms with E-state index in [1.807, 2.05) is 42.5 Å². The highest BCUT2D eigenvalue weighted by atomic mass is 32.1. The van der Waals surface area contributed by atoms with Gasteiger partial charge in [0.25, 0.3) is 0 Å². The Morgan fingerprint density at radius 2 is 1.45 bits per heavy atom. The predicted molar refractivity (Wildman–Crippen MR) is 98.0 cm³/mol. The van der Waals surface area contributed by atoms with E-state index in [0.717, 1.165) is 17.1 Å². The first-order chi connectivity index (χ1) is 10.4. The topological polar surface area (TPSA) is 33.3 Å². The summed E-state index contributed by atoms with van der Waals surface area (Å²) in [5, 5.41) is 7.01. The molecule has 0 aliphatic heterocycles. The fraction of sp³-hybridized carbons (Fsp3) is 0.278. The summed E-state index contributed by atoms with van der Waals surface area (Å²) >= 11 is 5.43. The maximum atomic E-state index is 5.43. The van der Waals surface area contributed by atoms with E-state index >= 15 is 0 Å². The number of hydrogen-bond acceptors (Lipinski definition) is 2. The summed E-state index contributed by atoms with van der Waals surface area (Å²) in [6, 6.07) is 15.9. The largest absolute Gasteiger partial charge is 0.495 e. The Bertz CT molecular complexity index is 662. The lowest BCUT2D eigenvalue weighted by Gasteiger charge is -2.24. The molecule has 2 aromatic carbocycles. The van der Waals surface area contributed by atoms with Crippen molar-refractivity contribution in [3.63, 3.8) is 0 Å². The molecule has 0 aliphatic carbocycles. The number of para-hydroxylation sites is 3. The smallest absolute Gasteiger partial charge is 0.175 e. The summed E-state index contributed by atoms with van der Waals surface area (Å²) in [6.07, 6.45) is 0. The Labute approximate surface area is 137 Å². The average Bonchev–Trinajstić information content (AvgIpc) is 2.47. The van der Waals surface area contributed by atoms with Gasteiger partial charge in [0.15, 0.2) is 5.11 Å². The van der Waals surface area contributed by atoms with Gasteiger partial charge >= 0.3 is 0 Å². The molecular weight excluding hydrogens is 292 g/mol. The number of rotatable bonds is 3. The fourth-order valence-electron chi connectivity index (χ4n) is 2.27. The molecule has 0 radical (unpaired) electrons. The zero-order valence-corrected chi connectivity index (χ0v) is 14.3. The van der Waals surface area contributed by atoms with Crippen LogP contribution in [0.25, 0.3) is 0 Å². The molecule has 22 heavy (non-hydrogen) atoms. The van der Waals surface area contributed by atoms with E-state index in [-0.39, 0.29) is 5.41 Å². The fourth-order valence-corrected chi connectivity index (χ4v) is 2.49. The van der Waals surface area contributed by atoms with Crippen molar-refractivity contribution in [3.05, 3.63) is 54.1 Å². The van der Waals surface area contributed by atoms with Gasteiger partial charge in [-0.15, -0.1) is 0 Å². The maximum Gasteiger partial charge on any atom is 0.175 e. The number of ether oxygens (including phenoxy) is 1. The molecule has 0 unspecified atom stereocenters. The first kappa shape index (κ1) is 16.3. The van der Waals surface area contributed by atoms with Crippen molar-refractivity contribution in [1.82, 2.24) is 0 Å². The first-order valence-corrected chi connectivity index (χ1v) is 7.63. The molecule has 3 nitrogen and oxygen atoms in total. The van der Waals surface area contributed by atoms with Crippen LogP contribution in [0.3, 0.4) is 0 Å². The van der Waals surface area contributed by atoms with Gasteiger partial charge in [0, 0.05) is 5.69 Å². The van der Waals surface area contributed by atoms with Crippen molar-refractivity contribution in [2.75, 3.05) is 17.7 Å². The summed E-state index contributed by atoms with van der Waals surface area (Å²) in [7, 11) is 1.64. The molecule has 0 heterocycles. The summed E-state index contributed by atoms with van der Waals surface area (Å²) < 4.78 is 5.32. The molecule has 0 aliphatic rings. The summed E-state index contributed by atoms with van der Waals surface area (Å²) in [5.74, 6) is 0.760. The third-order valence-electron chi connectivity index (χ3n) is 3.34. The van der Waals surface area contributed by atoms with Crippen molar-refractivity contribution < 1.29 is 4.74 Å². The second-order valence-corrected chi connectivity index (χ2v) is 6.48. The van der Waals surface area contributed by atoms with Crippen LogP contribution < -0.4 is 15.4 Å². The van der Waals surface area contributed by atoms with E-state index in [4.69, 9.17) is 17.0 Å². The van der Waals surface area contributed by atoms with Crippen LogP contribution in [0.2, 0.25) is 0 Å². The highest BCUT2D eigenvalue weighted by molar-refractivity contribution is 7.80. The zero-order valence-electron chi connectivity index (χ0n) is 13.4. The van der Waals surface area contributed by atoms with Crippen molar-refractivity contribution in [2.24, 2.45) is 0 Å². The molecule has 0 aromatic heterocycles. The van der Waals surface area contributed by atoms with Gasteiger partial charge in [-0.3, -0.25) is 0 Å². The minimum Gasteiger partial charge on any atom is -0.495 e. The van der Waals surface area contributed by atoms with Crippen LogP contribution in [0.1, 0.15) is 26.3 Å². The highest BCUT2D eigenvalue weighted by Gasteiger charge is 2.18. The zero-order chi connectivity index (χ0) is 16.2. The third-order valence-corrected chi connectivity index (χ3v) is 3.54. The molecule has 0 amide bonds. The first-order valence-electron chi connectivity index (χ1n) is 7.22. The van der Waals surface area contributed by atoms with Gasteiger partial charge in [0.2, 0.25) is 0 Å². The second-order valence-electron chi connectivity index (χ2n) is 6.07. The quantitative estimate of drug-likeness (QED) is 0.797. The molecule has 0 spiro atoms. The monoisotopic (exact) mass is 314 g/mol. The molecule has 116 valence electrons. The van der Waals surface area contributed by atoms with E-state index in [0.29, 0.717) is 5.11 Å². The molecule has 0 bridgehead atoms. The minimum absolute atomic E-state index is 0.0453. The Morgan fingerprint density at radius 3 is 2.09 bits per heavy atom. The second kappa shape index (κ2) is 6.79. The van der Waals surface area contributed by atoms with Crippen LogP contribution in [0.5, 0.6) is 5.75 Å². The number of thiocarbonyl (C=S) groups is 1. The molecule has 2 N–H and O–H groups in total. The van der Waals surface area contributed by atoms with Crippen LogP contribution in [0.15, 0.2) is 48.5 Å². The molecule has 0 atom stereocenters. The Hall–Kier alpha value is -2.07. The highest BCUT2D eigenvalue weighted by Crippen LogP contribution is 2.29. The van der Waals surface area contributed by atoms with E-state index in [1.54, 1.807) is 7.11 Å². The SMILES string of the molecule is COc1ccccc1NC(=S)Nc1ccccc1C(C)(C)C. The normalized spacial score (nSPS) is 10.9. The van der Waals surface area contributed by atoms with E-state index in [9.17, 15) is 0 Å². The van der Waals surface area contributed by atoms with Gasteiger partial charge in [-0.1, -0.05) is 51.1 Å². The molecule has 2 aromatic rings. The Balaban J connectivity index is 2.17. The van der Waals surface area contributed by atoms with Crippen LogP contribution in [-0.4, -0.2) is 12.2 Å². The summed E-state index contributed by atoms with van der Waals surface area (Å²) in [6.45, 7) is 6.55. The lowest BCUT2D eigenvalue weighted by molar-refractivity contribution is 0.417. The lowest BCUT2D eigenvalue weighted by atomic mass is 9.86. The number of methoxy groups -OCH3 is 1. The molecule has 2 rings (SSSR count). The van der Waals surface area contributed by atoms with Gasteiger partial charge in [-0.05, 0) is 41.4 Å². The summed E-state index contributed by atoms with van der Waals surface area (Å²) in [4.78, 5) is 0. The standard InChI is InChI=1S/C18H22N2OS/c1-18(2,3)13-9-5-6-10-14(13)19-17(22)20-15-11-7-8-12-16(15)21-4/h5-12H,1-4H3,(H2,19,20,22). The van der Waals surface area contributed by atoms with E-state index in [2.05, 4.69) is 37.5 Å². The van der Waals surface area contributed by atoms with E-state index in [1.165, 1.54) is 5.56 Å². The molecule has 0 saturated heterocycles. The molecule has 4 heteroatoms. The van der Waals surface area contributed by atoms with Gasteiger partial charge in [-0.25, -0.2) is 0 Å². The number of anilines is 2. The van der Waals surface area contributed by atoms with Gasteiger partial charge in [0.1, 0.15) is 5.75 Å². The van der Waals surface area contributed by atoms with Crippen molar-refractivity contribution in [1.29, 1.82) is 0 Å². The van der Waals surface area contributed by atoms with Crippen LogP contribution in [0, 0.1) is 0 Å². The number of hydrogen-bond donors (Lipinski definition) is 2. The van der Waals surface area contributed by atoms with Crippen LogP contribution in [-0.2, 0) is 5.41 Å². The third kappa shape index (κ3) is 3.98. The summed E-state index contributed by atoms with van der Waals surface area (Å²) in [5.41, 5.74) is 3.13. The van der Waals surface area contributed by atoms with E-state index < -0.39 is 0 Å². The van der Waals surface area contributed by atoms with Crippen molar-refractivity contribution >= 4 is 28.7 Å². The average molecular weight is 314 g/mol. The van der Waals surface area contributed by atoms with Gasteiger partial charge in [0.05, 0.1) is 12.8 Å². The van der Waals surface area contributed by atoms with Crippen LogP contribution in [0.4, 0.5) is 11.4 Å². The lowest BCUT2D eigenvalue weighted by Crippen LogP contribution is -2.22. The van der Waals surface area contributed by atoms with Gasteiger partial charge in [-0.2, -0.15) is 0 Å². The Kier molecular flexibility index (Phi) is 5.03. The van der Waals surface area contributed by atoms with Crippen molar-refractivity contribution in [3.8, 4) is 5.75 Å². The Morgan fingerprint density at radius 1 is 0.909 bits per heavy atom. The molecule has 0 fully saturated rings. The molecule has 0 saturated carbocycles.